The standard InChI is InChI=1S/C26H35FN6O3S/c1-3-33(4-2)17-8-18-37(35,36)32-23(16-11-20-9-6-5-7-10-20)25-29-24(30-31-25)19-28-26(34)21-12-14-22(27)15-13-21/h5-7,9-10,12-15,23,32H,3-4,8,11,16-19H2,1-2H3,(H,28,34)(H,29,30,31)/t23-/m1/s1. The van der Waals surface area contributed by atoms with Crippen molar-refractivity contribution in [3.05, 3.63) is 83.2 Å². The number of amides is 1. The number of sulfonamides is 1. The first kappa shape index (κ1) is 28.4. The third-order valence-corrected chi connectivity index (χ3v) is 7.52. The summed E-state index contributed by atoms with van der Waals surface area (Å²) < 4.78 is 41.7. The normalized spacial score (nSPS) is 12.5. The summed E-state index contributed by atoms with van der Waals surface area (Å²) in [5.41, 5.74) is 1.40. The molecule has 0 bridgehead atoms. The smallest absolute Gasteiger partial charge is 0.251 e. The SMILES string of the molecule is CCN(CC)CCCS(=O)(=O)N[C@H](CCc1ccccc1)c1n[nH]c(CNC(=O)c2ccc(F)cc2)n1. The fourth-order valence-corrected chi connectivity index (χ4v) is 5.19. The molecule has 0 aliphatic carbocycles. The van der Waals surface area contributed by atoms with Crippen molar-refractivity contribution < 1.29 is 17.6 Å². The van der Waals surface area contributed by atoms with Crippen LogP contribution in [0.4, 0.5) is 4.39 Å². The summed E-state index contributed by atoms with van der Waals surface area (Å²) in [5.74, 6) is -0.0952. The summed E-state index contributed by atoms with van der Waals surface area (Å²) in [6, 6.07) is 14.4. The van der Waals surface area contributed by atoms with E-state index in [0.29, 0.717) is 43.0 Å². The average Bonchev–Trinajstić information content (AvgIpc) is 3.38. The lowest BCUT2D eigenvalue weighted by atomic mass is 10.1. The van der Waals surface area contributed by atoms with Gasteiger partial charge in [0.1, 0.15) is 11.6 Å². The van der Waals surface area contributed by atoms with E-state index in [2.05, 4.69) is 44.0 Å². The number of hydrogen-bond donors (Lipinski definition) is 3. The summed E-state index contributed by atoms with van der Waals surface area (Å²) in [5, 5.41) is 9.72. The Balaban J connectivity index is 1.65. The summed E-state index contributed by atoms with van der Waals surface area (Å²) >= 11 is 0. The molecule has 0 aliphatic heterocycles. The summed E-state index contributed by atoms with van der Waals surface area (Å²) in [6.07, 6.45) is 1.63. The first-order valence-electron chi connectivity index (χ1n) is 12.5. The fraction of sp³-hybridized carbons (Fsp3) is 0.423. The highest BCUT2D eigenvalue weighted by molar-refractivity contribution is 7.89. The van der Waals surface area contributed by atoms with Crippen molar-refractivity contribution in [2.75, 3.05) is 25.4 Å². The van der Waals surface area contributed by atoms with Crippen molar-refractivity contribution in [1.82, 2.24) is 30.1 Å². The number of benzene rings is 2. The van der Waals surface area contributed by atoms with Crippen molar-refractivity contribution in [3.8, 4) is 0 Å². The van der Waals surface area contributed by atoms with Crippen LogP contribution < -0.4 is 10.0 Å². The fourth-order valence-electron chi connectivity index (χ4n) is 3.90. The lowest BCUT2D eigenvalue weighted by molar-refractivity contribution is 0.0950. The third-order valence-electron chi connectivity index (χ3n) is 6.05. The Morgan fingerprint density at radius 2 is 1.78 bits per heavy atom. The molecule has 0 saturated carbocycles. The second kappa shape index (κ2) is 14.0. The Morgan fingerprint density at radius 3 is 2.46 bits per heavy atom. The molecule has 1 aromatic heterocycles. The highest BCUT2D eigenvalue weighted by atomic mass is 32.2. The number of aromatic amines is 1. The molecule has 3 aromatic rings. The molecule has 1 atom stereocenters. The van der Waals surface area contributed by atoms with Gasteiger partial charge < -0.3 is 10.2 Å². The molecule has 0 spiro atoms. The Kier molecular flexibility index (Phi) is 10.7. The maximum atomic E-state index is 13.1. The van der Waals surface area contributed by atoms with Crippen LogP contribution in [0.15, 0.2) is 54.6 Å². The number of aryl methyl sites for hydroxylation is 1. The Morgan fingerprint density at radius 1 is 1.08 bits per heavy atom. The van der Waals surface area contributed by atoms with E-state index in [4.69, 9.17) is 0 Å². The van der Waals surface area contributed by atoms with Crippen LogP contribution in [0.25, 0.3) is 0 Å². The predicted molar refractivity (Wildman–Crippen MR) is 141 cm³/mol. The van der Waals surface area contributed by atoms with Gasteiger partial charge in [0.25, 0.3) is 5.91 Å². The lowest BCUT2D eigenvalue weighted by Gasteiger charge is -2.19. The van der Waals surface area contributed by atoms with E-state index in [1.807, 2.05) is 30.3 Å². The monoisotopic (exact) mass is 530 g/mol. The number of hydrogen-bond acceptors (Lipinski definition) is 6. The van der Waals surface area contributed by atoms with Crippen LogP contribution in [0.5, 0.6) is 0 Å². The molecule has 9 nitrogen and oxygen atoms in total. The molecule has 0 aliphatic rings. The maximum Gasteiger partial charge on any atom is 0.251 e. The number of carbonyl (C=O) groups is 1. The van der Waals surface area contributed by atoms with Gasteiger partial charge in [0.2, 0.25) is 10.0 Å². The van der Waals surface area contributed by atoms with Crippen LogP contribution in [0.2, 0.25) is 0 Å². The van der Waals surface area contributed by atoms with E-state index in [-0.39, 0.29) is 18.2 Å². The van der Waals surface area contributed by atoms with Crippen LogP contribution in [0.1, 0.15) is 60.3 Å². The van der Waals surface area contributed by atoms with Gasteiger partial charge in [0, 0.05) is 5.56 Å². The van der Waals surface area contributed by atoms with Crippen LogP contribution >= 0.6 is 0 Å². The molecule has 0 saturated heterocycles. The Hall–Kier alpha value is -3.15. The van der Waals surface area contributed by atoms with Gasteiger partial charge in [-0.05, 0) is 68.7 Å². The minimum atomic E-state index is -3.57. The predicted octanol–water partition coefficient (Wildman–Crippen LogP) is 3.20. The van der Waals surface area contributed by atoms with Gasteiger partial charge in [-0.3, -0.25) is 9.89 Å². The van der Waals surface area contributed by atoms with Crippen molar-refractivity contribution in [1.29, 1.82) is 0 Å². The van der Waals surface area contributed by atoms with Crippen molar-refractivity contribution in [2.24, 2.45) is 0 Å². The first-order valence-corrected chi connectivity index (χ1v) is 14.2. The zero-order valence-electron chi connectivity index (χ0n) is 21.3. The second-order valence-corrected chi connectivity index (χ2v) is 10.6. The maximum absolute atomic E-state index is 13.1. The lowest BCUT2D eigenvalue weighted by Crippen LogP contribution is -2.33. The molecule has 1 heterocycles. The number of nitrogens with zero attached hydrogens (tertiary/aromatic N) is 3. The van der Waals surface area contributed by atoms with Crippen LogP contribution in [0, 0.1) is 5.82 Å². The molecule has 200 valence electrons. The second-order valence-electron chi connectivity index (χ2n) is 8.72. The molecule has 3 rings (SSSR count). The Bertz CT molecular complexity index is 1210. The molecule has 0 unspecified atom stereocenters. The highest BCUT2D eigenvalue weighted by Crippen LogP contribution is 2.18. The summed E-state index contributed by atoms with van der Waals surface area (Å²) in [4.78, 5) is 18.9. The quantitative estimate of drug-likeness (QED) is 0.278. The number of H-pyrrole nitrogens is 1. The topological polar surface area (TPSA) is 120 Å². The molecular formula is C26H35FN6O3S. The average molecular weight is 531 g/mol. The van der Waals surface area contributed by atoms with Crippen molar-refractivity contribution in [2.45, 2.75) is 45.7 Å². The summed E-state index contributed by atoms with van der Waals surface area (Å²) in [7, 11) is -3.57. The van der Waals surface area contributed by atoms with Gasteiger partial charge >= 0.3 is 0 Å². The molecule has 3 N–H and O–H groups in total. The van der Waals surface area contributed by atoms with Gasteiger partial charge in [-0.15, -0.1) is 0 Å². The van der Waals surface area contributed by atoms with Crippen LogP contribution in [0.3, 0.4) is 0 Å². The largest absolute Gasteiger partial charge is 0.345 e. The van der Waals surface area contributed by atoms with E-state index in [1.54, 1.807) is 0 Å². The molecule has 0 fully saturated rings. The van der Waals surface area contributed by atoms with Gasteiger partial charge in [0.15, 0.2) is 5.82 Å². The number of halogens is 1. The first-order chi connectivity index (χ1) is 17.8. The van der Waals surface area contributed by atoms with Crippen LogP contribution in [-0.2, 0) is 23.0 Å². The van der Waals surface area contributed by atoms with Gasteiger partial charge in [-0.1, -0.05) is 44.2 Å². The number of nitrogens with one attached hydrogen (secondary N) is 3. The number of rotatable bonds is 15. The van der Waals surface area contributed by atoms with Gasteiger partial charge in [0.05, 0.1) is 18.3 Å². The molecular weight excluding hydrogens is 495 g/mol. The molecule has 1 amide bonds. The zero-order chi connectivity index (χ0) is 26.7. The van der Waals surface area contributed by atoms with E-state index in [9.17, 15) is 17.6 Å². The number of aromatic nitrogens is 3. The van der Waals surface area contributed by atoms with Crippen molar-refractivity contribution in [3.63, 3.8) is 0 Å². The minimum Gasteiger partial charge on any atom is -0.345 e. The van der Waals surface area contributed by atoms with Gasteiger partial charge in [-0.25, -0.2) is 22.5 Å². The van der Waals surface area contributed by atoms with Gasteiger partial charge in [-0.2, -0.15) is 5.10 Å². The molecule has 0 radical (unpaired) electrons. The van der Waals surface area contributed by atoms with E-state index >= 15 is 0 Å². The van der Waals surface area contributed by atoms with Crippen molar-refractivity contribution >= 4 is 15.9 Å². The van der Waals surface area contributed by atoms with E-state index < -0.39 is 21.9 Å². The number of carbonyl (C=O) groups excluding carboxylic acids is 1. The zero-order valence-corrected chi connectivity index (χ0v) is 22.1. The molecule has 37 heavy (non-hydrogen) atoms. The third kappa shape index (κ3) is 9.34. The van der Waals surface area contributed by atoms with E-state index in [0.717, 1.165) is 18.7 Å². The van der Waals surface area contributed by atoms with Crippen LogP contribution in [-0.4, -0.2) is 59.8 Å². The molecule has 11 heteroatoms. The highest BCUT2D eigenvalue weighted by Gasteiger charge is 2.23. The Labute approximate surface area is 217 Å². The minimum absolute atomic E-state index is 0.0103. The summed E-state index contributed by atoms with van der Waals surface area (Å²) in [6.45, 7) is 6.63. The van der Waals surface area contributed by atoms with E-state index in [1.165, 1.54) is 24.3 Å². The molecule has 2 aromatic carbocycles.